The monoisotopic (exact) mass is 356 g/mol. The van der Waals surface area contributed by atoms with Gasteiger partial charge in [-0.15, -0.1) is 11.3 Å². The number of piperazine rings is 1. The third-order valence-electron chi connectivity index (χ3n) is 4.10. The number of hydrogen-bond acceptors (Lipinski definition) is 5. The Labute approximate surface area is 150 Å². The lowest BCUT2D eigenvalue weighted by Crippen LogP contribution is -2.48. The molecule has 6 nitrogen and oxygen atoms in total. The van der Waals surface area contributed by atoms with Gasteiger partial charge in [0.1, 0.15) is 0 Å². The van der Waals surface area contributed by atoms with Gasteiger partial charge < -0.3 is 15.1 Å². The summed E-state index contributed by atoms with van der Waals surface area (Å²) in [5.41, 5.74) is 1.49. The van der Waals surface area contributed by atoms with Gasteiger partial charge >= 0.3 is 0 Å². The summed E-state index contributed by atoms with van der Waals surface area (Å²) in [6, 6.07) is 7.15. The maximum atomic E-state index is 12.3. The molecule has 0 atom stereocenters. The minimum Gasteiger partial charge on any atom is -0.355 e. The summed E-state index contributed by atoms with van der Waals surface area (Å²) in [5.74, 6) is -0.112. The zero-order valence-electron chi connectivity index (χ0n) is 14.0. The number of amides is 2. The van der Waals surface area contributed by atoms with E-state index in [0.717, 1.165) is 23.8 Å². The third kappa shape index (κ3) is 4.24. The molecule has 0 aliphatic carbocycles. The van der Waals surface area contributed by atoms with Crippen molar-refractivity contribution in [3.05, 3.63) is 53.0 Å². The summed E-state index contributed by atoms with van der Waals surface area (Å²) < 4.78 is 0. The quantitative estimate of drug-likeness (QED) is 0.850. The van der Waals surface area contributed by atoms with Crippen molar-refractivity contribution < 1.29 is 9.59 Å². The largest absolute Gasteiger partial charge is 0.355 e. The summed E-state index contributed by atoms with van der Waals surface area (Å²) in [6.45, 7) is 2.98. The first kappa shape index (κ1) is 17.2. The lowest BCUT2D eigenvalue weighted by molar-refractivity contribution is -0.126. The molecule has 2 amide bonds. The molecule has 130 valence electrons. The van der Waals surface area contributed by atoms with E-state index in [4.69, 9.17) is 0 Å². The number of rotatable bonds is 4. The van der Waals surface area contributed by atoms with Gasteiger partial charge in [-0.3, -0.25) is 9.59 Å². The van der Waals surface area contributed by atoms with Crippen LogP contribution in [0.2, 0.25) is 0 Å². The molecule has 2 aromatic rings. The van der Waals surface area contributed by atoms with Crippen LogP contribution in [0.15, 0.2) is 41.9 Å². The second-order valence-corrected chi connectivity index (χ2v) is 6.53. The van der Waals surface area contributed by atoms with Crippen LogP contribution in [-0.2, 0) is 4.79 Å². The molecule has 0 bridgehead atoms. The smallest absolute Gasteiger partial charge is 0.251 e. The van der Waals surface area contributed by atoms with E-state index in [1.807, 2.05) is 22.4 Å². The maximum Gasteiger partial charge on any atom is 0.251 e. The lowest BCUT2D eigenvalue weighted by Gasteiger charge is -2.34. The van der Waals surface area contributed by atoms with Crippen LogP contribution in [0.1, 0.15) is 15.9 Å². The number of nitrogens with one attached hydrogen (secondary N) is 1. The Hall–Kier alpha value is -2.67. The van der Waals surface area contributed by atoms with E-state index in [1.165, 1.54) is 0 Å². The first-order chi connectivity index (χ1) is 12.2. The van der Waals surface area contributed by atoms with Crippen LogP contribution in [0.5, 0.6) is 0 Å². The summed E-state index contributed by atoms with van der Waals surface area (Å²) >= 11 is 1.62. The zero-order chi connectivity index (χ0) is 17.6. The molecule has 2 heterocycles. The van der Waals surface area contributed by atoms with Crippen LogP contribution in [0.25, 0.3) is 6.08 Å². The molecule has 1 aliphatic heterocycles. The van der Waals surface area contributed by atoms with Crippen molar-refractivity contribution in [1.82, 2.24) is 15.2 Å². The average molecular weight is 356 g/mol. The third-order valence-corrected chi connectivity index (χ3v) is 4.93. The number of carbonyl (C=O) groups is 2. The predicted molar refractivity (Wildman–Crippen MR) is 99.8 cm³/mol. The molecule has 0 spiro atoms. The molecule has 25 heavy (non-hydrogen) atoms. The summed E-state index contributed by atoms with van der Waals surface area (Å²) in [6.07, 6.45) is 5.17. The van der Waals surface area contributed by atoms with Crippen molar-refractivity contribution in [2.75, 3.05) is 38.1 Å². The summed E-state index contributed by atoms with van der Waals surface area (Å²) in [4.78, 5) is 32.2. The van der Waals surface area contributed by atoms with Crippen molar-refractivity contribution in [1.29, 1.82) is 0 Å². The van der Waals surface area contributed by atoms with Gasteiger partial charge in [0.2, 0.25) is 5.91 Å². The highest BCUT2D eigenvalue weighted by Crippen LogP contribution is 2.19. The van der Waals surface area contributed by atoms with E-state index in [-0.39, 0.29) is 11.8 Å². The number of nitrogens with zero attached hydrogens (tertiary/aromatic N) is 3. The fourth-order valence-corrected chi connectivity index (χ4v) is 3.35. The minimum atomic E-state index is -0.121. The normalized spacial score (nSPS) is 14.8. The molecule has 0 saturated carbocycles. The van der Waals surface area contributed by atoms with Crippen molar-refractivity contribution >= 4 is 34.4 Å². The Morgan fingerprint density at radius 3 is 2.48 bits per heavy atom. The topological polar surface area (TPSA) is 65.5 Å². The van der Waals surface area contributed by atoms with Gasteiger partial charge in [-0.1, -0.05) is 12.1 Å². The average Bonchev–Trinajstić information content (AvgIpc) is 3.21. The van der Waals surface area contributed by atoms with E-state index in [9.17, 15) is 9.59 Å². The number of carbonyl (C=O) groups excluding carboxylic acids is 2. The van der Waals surface area contributed by atoms with Crippen molar-refractivity contribution in [2.24, 2.45) is 0 Å². The Morgan fingerprint density at radius 1 is 1.16 bits per heavy atom. The molecule has 1 N–H and O–H groups in total. The second kappa shape index (κ2) is 7.94. The van der Waals surface area contributed by atoms with E-state index in [1.54, 1.807) is 48.9 Å². The van der Waals surface area contributed by atoms with Gasteiger partial charge in [-0.05, 0) is 23.8 Å². The Bertz CT molecular complexity index is 748. The van der Waals surface area contributed by atoms with Crippen molar-refractivity contribution in [3.63, 3.8) is 0 Å². The number of hydrogen-bond donors (Lipinski definition) is 1. The number of thiazole rings is 1. The van der Waals surface area contributed by atoms with Crippen LogP contribution in [0.4, 0.5) is 5.13 Å². The number of aromatic nitrogens is 1. The first-order valence-electron chi connectivity index (χ1n) is 8.11. The molecule has 0 radical (unpaired) electrons. The molecule has 1 fully saturated rings. The van der Waals surface area contributed by atoms with E-state index in [2.05, 4.69) is 15.2 Å². The minimum absolute atomic E-state index is 0.00849. The van der Waals surface area contributed by atoms with Crippen LogP contribution < -0.4 is 10.2 Å². The number of anilines is 1. The van der Waals surface area contributed by atoms with Gasteiger partial charge in [0.15, 0.2) is 5.13 Å². The fourth-order valence-electron chi connectivity index (χ4n) is 2.65. The SMILES string of the molecule is CNC(=O)c1ccc(/C=C/C(=O)N2CCN(c3nccs3)CC2)cc1. The van der Waals surface area contributed by atoms with Gasteiger partial charge in [0.05, 0.1) is 0 Å². The van der Waals surface area contributed by atoms with Gasteiger partial charge in [0, 0.05) is 56.4 Å². The molecule has 1 saturated heterocycles. The molecule has 1 aromatic carbocycles. The van der Waals surface area contributed by atoms with Crippen LogP contribution in [0.3, 0.4) is 0 Å². The highest BCUT2D eigenvalue weighted by atomic mass is 32.1. The maximum absolute atomic E-state index is 12.3. The Balaban J connectivity index is 1.54. The second-order valence-electron chi connectivity index (χ2n) is 5.66. The summed E-state index contributed by atoms with van der Waals surface area (Å²) in [7, 11) is 1.60. The molecular weight excluding hydrogens is 336 g/mol. The standard InChI is InChI=1S/C18H20N4O2S/c1-19-17(24)15-5-2-14(3-6-15)4-7-16(23)21-9-11-22(12-10-21)18-20-8-13-25-18/h2-8,13H,9-12H2,1H3,(H,19,24)/b7-4+. The zero-order valence-corrected chi connectivity index (χ0v) is 14.8. The molecular formula is C18H20N4O2S. The highest BCUT2D eigenvalue weighted by Gasteiger charge is 2.20. The molecule has 1 aromatic heterocycles. The molecule has 1 aliphatic rings. The van der Waals surface area contributed by atoms with Crippen molar-refractivity contribution in [3.8, 4) is 0 Å². The van der Waals surface area contributed by atoms with Gasteiger partial charge in [0.25, 0.3) is 5.91 Å². The predicted octanol–water partition coefficient (Wildman–Crippen LogP) is 1.86. The lowest BCUT2D eigenvalue weighted by atomic mass is 10.1. The van der Waals surface area contributed by atoms with Crippen LogP contribution in [-0.4, -0.2) is 54.9 Å². The Kier molecular flexibility index (Phi) is 5.45. The Morgan fingerprint density at radius 2 is 1.88 bits per heavy atom. The fraction of sp³-hybridized carbons (Fsp3) is 0.278. The van der Waals surface area contributed by atoms with Crippen LogP contribution >= 0.6 is 11.3 Å². The van der Waals surface area contributed by atoms with E-state index < -0.39 is 0 Å². The summed E-state index contributed by atoms with van der Waals surface area (Å²) in [5, 5.41) is 5.56. The van der Waals surface area contributed by atoms with Crippen molar-refractivity contribution in [2.45, 2.75) is 0 Å². The molecule has 7 heteroatoms. The first-order valence-corrected chi connectivity index (χ1v) is 8.99. The highest BCUT2D eigenvalue weighted by molar-refractivity contribution is 7.13. The molecule has 0 unspecified atom stereocenters. The van der Waals surface area contributed by atoms with Gasteiger partial charge in [-0.25, -0.2) is 4.98 Å². The van der Waals surface area contributed by atoms with E-state index in [0.29, 0.717) is 18.7 Å². The van der Waals surface area contributed by atoms with E-state index >= 15 is 0 Å². The van der Waals surface area contributed by atoms with Gasteiger partial charge in [-0.2, -0.15) is 0 Å². The van der Waals surface area contributed by atoms with Crippen LogP contribution in [0, 0.1) is 0 Å². The number of benzene rings is 1. The molecule has 3 rings (SSSR count).